The van der Waals surface area contributed by atoms with Crippen LogP contribution in [0.25, 0.3) is 11.1 Å². The highest BCUT2D eigenvalue weighted by molar-refractivity contribution is 5.87. The number of ether oxygens (including phenoxy) is 1. The number of anilines is 1. The van der Waals surface area contributed by atoms with Crippen LogP contribution in [-0.4, -0.2) is 41.8 Å². The van der Waals surface area contributed by atoms with E-state index in [1.54, 1.807) is 6.07 Å². The van der Waals surface area contributed by atoms with Crippen LogP contribution in [-0.2, 0) is 4.74 Å². The van der Waals surface area contributed by atoms with Crippen molar-refractivity contribution in [2.75, 3.05) is 25.0 Å². The molecule has 1 heterocycles. The van der Waals surface area contributed by atoms with Crippen LogP contribution in [0.3, 0.4) is 0 Å². The smallest absolute Gasteiger partial charge is 0.407 e. The minimum atomic E-state index is -1.02. The SMILES string of the molecule is O=C(NCCNc1ccc(C(=O)O)cn1)OCC1c2ccccc2-c2ccccc21. The minimum Gasteiger partial charge on any atom is -0.478 e. The van der Waals surface area contributed by atoms with E-state index in [-0.39, 0.29) is 18.1 Å². The molecule has 30 heavy (non-hydrogen) atoms. The monoisotopic (exact) mass is 403 g/mol. The summed E-state index contributed by atoms with van der Waals surface area (Å²) in [7, 11) is 0. The first kappa shape index (κ1) is 19.4. The zero-order chi connectivity index (χ0) is 20.9. The molecule has 0 spiro atoms. The molecule has 0 radical (unpaired) electrons. The Bertz CT molecular complexity index is 1020. The molecule has 0 aliphatic heterocycles. The predicted molar refractivity (Wildman–Crippen MR) is 113 cm³/mol. The van der Waals surface area contributed by atoms with Gasteiger partial charge < -0.3 is 20.5 Å². The summed E-state index contributed by atoms with van der Waals surface area (Å²) < 4.78 is 5.48. The Balaban J connectivity index is 1.26. The van der Waals surface area contributed by atoms with E-state index in [1.165, 1.54) is 34.5 Å². The molecule has 7 nitrogen and oxygen atoms in total. The zero-order valence-electron chi connectivity index (χ0n) is 16.2. The van der Waals surface area contributed by atoms with Crippen LogP contribution < -0.4 is 10.6 Å². The van der Waals surface area contributed by atoms with Crippen LogP contribution in [0.5, 0.6) is 0 Å². The lowest BCUT2D eigenvalue weighted by Gasteiger charge is -2.14. The van der Waals surface area contributed by atoms with E-state index < -0.39 is 12.1 Å². The highest BCUT2D eigenvalue weighted by Crippen LogP contribution is 2.44. The minimum absolute atomic E-state index is 0.0261. The molecule has 0 saturated carbocycles. The molecule has 0 saturated heterocycles. The van der Waals surface area contributed by atoms with E-state index in [0.29, 0.717) is 18.9 Å². The average Bonchev–Trinajstić information content (AvgIpc) is 3.09. The van der Waals surface area contributed by atoms with Gasteiger partial charge in [0.1, 0.15) is 12.4 Å². The second kappa shape index (κ2) is 8.65. The summed E-state index contributed by atoms with van der Waals surface area (Å²) in [5.74, 6) is -0.460. The van der Waals surface area contributed by atoms with Gasteiger partial charge in [-0.1, -0.05) is 48.5 Å². The highest BCUT2D eigenvalue weighted by Gasteiger charge is 2.28. The van der Waals surface area contributed by atoms with Gasteiger partial charge in [-0.05, 0) is 34.4 Å². The summed E-state index contributed by atoms with van der Waals surface area (Å²) in [6.07, 6.45) is 0.803. The standard InChI is InChI=1S/C23H21N3O4/c27-22(28)15-9-10-21(26-13-15)24-11-12-25-23(29)30-14-20-18-7-3-1-5-16(18)17-6-2-4-8-19(17)20/h1-10,13,20H,11-12,14H2,(H,24,26)(H,25,29)(H,27,28). The Hall–Kier alpha value is -3.87. The van der Waals surface area contributed by atoms with Gasteiger partial charge >= 0.3 is 12.1 Å². The molecular formula is C23H21N3O4. The summed E-state index contributed by atoms with van der Waals surface area (Å²) in [5.41, 5.74) is 4.84. The maximum Gasteiger partial charge on any atom is 0.407 e. The number of carboxylic acid groups (broad SMARTS) is 1. The number of rotatable bonds is 7. The van der Waals surface area contributed by atoms with Crippen molar-refractivity contribution in [2.24, 2.45) is 0 Å². The van der Waals surface area contributed by atoms with Crippen molar-refractivity contribution in [3.05, 3.63) is 83.6 Å². The lowest BCUT2D eigenvalue weighted by atomic mass is 9.98. The number of carboxylic acids is 1. The van der Waals surface area contributed by atoms with E-state index >= 15 is 0 Å². The first-order chi connectivity index (χ1) is 14.6. The van der Waals surface area contributed by atoms with Crippen LogP contribution in [0.2, 0.25) is 0 Å². The zero-order valence-corrected chi connectivity index (χ0v) is 16.2. The fourth-order valence-electron chi connectivity index (χ4n) is 3.63. The number of alkyl carbamates (subject to hydrolysis) is 1. The Morgan fingerprint density at radius 2 is 1.60 bits per heavy atom. The maximum atomic E-state index is 12.1. The van der Waals surface area contributed by atoms with Gasteiger partial charge in [0.2, 0.25) is 0 Å². The van der Waals surface area contributed by atoms with Gasteiger partial charge in [0, 0.05) is 25.2 Å². The number of aromatic nitrogens is 1. The molecule has 3 aromatic rings. The molecular weight excluding hydrogens is 382 g/mol. The van der Waals surface area contributed by atoms with Gasteiger partial charge in [0.25, 0.3) is 0 Å². The number of nitrogens with one attached hydrogen (secondary N) is 2. The Labute approximate surface area is 173 Å². The summed E-state index contributed by atoms with van der Waals surface area (Å²) in [6.45, 7) is 1.05. The first-order valence-electron chi connectivity index (χ1n) is 9.65. The third kappa shape index (κ3) is 4.10. The number of aromatic carboxylic acids is 1. The molecule has 1 aliphatic rings. The second-order valence-electron chi connectivity index (χ2n) is 6.92. The lowest BCUT2D eigenvalue weighted by molar-refractivity contribution is 0.0696. The van der Waals surface area contributed by atoms with Crippen LogP contribution in [0.15, 0.2) is 66.9 Å². The number of hydrogen-bond acceptors (Lipinski definition) is 5. The normalized spacial score (nSPS) is 12.0. The summed E-state index contributed by atoms with van der Waals surface area (Å²) in [5, 5.41) is 14.6. The lowest BCUT2D eigenvalue weighted by Crippen LogP contribution is -2.30. The van der Waals surface area contributed by atoms with Gasteiger partial charge in [-0.3, -0.25) is 0 Å². The number of hydrogen-bond donors (Lipinski definition) is 3. The van der Waals surface area contributed by atoms with Crippen molar-refractivity contribution < 1.29 is 19.4 Å². The van der Waals surface area contributed by atoms with Crippen LogP contribution >= 0.6 is 0 Å². The molecule has 2 aromatic carbocycles. The molecule has 0 atom stereocenters. The van der Waals surface area contributed by atoms with Crippen molar-refractivity contribution in [3.63, 3.8) is 0 Å². The Morgan fingerprint density at radius 1 is 0.933 bits per heavy atom. The summed E-state index contributed by atoms with van der Waals surface area (Å²) in [6, 6.07) is 19.4. The molecule has 0 unspecified atom stereocenters. The summed E-state index contributed by atoms with van der Waals surface area (Å²) in [4.78, 5) is 26.9. The van der Waals surface area contributed by atoms with Crippen molar-refractivity contribution in [2.45, 2.75) is 5.92 Å². The van der Waals surface area contributed by atoms with Gasteiger partial charge in [-0.25, -0.2) is 14.6 Å². The van der Waals surface area contributed by atoms with Gasteiger partial charge in [-0.15, -0.1) is 0 Å². The number of amides is 1. The quantitative estimate of drug-likeness (QED) is 0.520. The average molecular weight is 403 g/mol. The number of nitrogens with zero attached hydrogens (tertiary/aromatic N) is 1. The number of pyridine rings is 1. The number of carbonyl (C=O) groups is 2. The van der Waals surface area contributed by atoms with Gasteiger partial charge in [0.15, 0.2) is 0 Å². The van der Waals surface area contributed by atoms with E-state index in [1.807, 2.05) is 24.3 Å². The van der Waals surface area contributed by atoms with Crippen LogP contribution in [0.1, 0.15) is 27.4 Å². The third-order valence-electron chi connectivity index (χ3n) is 5.05. The molecule has 1 amide bonds. The summed E-state index contributed by atoms with van der Waals surface area (Å²) >= 11 is 0. The van der Waals surface area contributed by atoms with Gasteiger partial charge in [0.05, 0.1) is 5.56 Å². The topological polar surface area (TPSA) is 101 Å². The van der Waals surface area contributed by atoms with Gasteiger partial charge in [-0.2, -0.15) is 0 Å². The number of fused-ring (bicyclic) bond motifs is 3. The molecule has 1 aliphatic carbocycles. The molecule has 3 N–H and O–H groups in total. The molecule has 1 aromatic heterocycles. The van der Waals surface area contributed by atoms with E-state index in [2.05, 4.69) is 39.9 Å². The fraction of sp³-hybridized carbons (Fsp3) is 0.174. The van der Waals surface area contributed by atoms with Crippen molar-refractivity contribution in [1.29, 1.82) is 0 Å². The molecule has 4 rings (SSSR count). The van der Waals surface area contributed by atoms with Crippen molar-refractivity contribution in [3.8, 4) is 11.1 Å². The predicted octanol–water partition coefficient (Wildman–Crippen LogP) is 3.73. The molecule has 7 heteroatoms. The van der Waals surface area contributed by atoms with Crippen molar-refractivity contribution >= 4 is 17.9 Å². The van der Waals surface area contributed by atoms with Crippen LogP contribution in [0.4, 0.5) is 10.6 Å². The molecule has 0 fully saturated rings. The molecule has 0 bridgehead atoms. The molecule has 152 valence electrons. The maximum absolute atomic E-state index is 12.1. The first-order valence-corrected chi connectivity index (χ1v) is 9.65. The fourth-order valence-corrected chi connectivity index (χ4v) is 3.63. The highest BCUT2D eigenvalue weighted by atomic mass is 16.5. The largest absolute Gasteiger partial charge is 0.478 e. The van der Waals surface area contributed by atoms with Crippen molar-refractivity contribution in [1.82, 2.24) is 10.3 Å². The second-order valence-corrected chi connectivity index (χ2v) is 6.92. The van der Waals surface area contributed by atoms with Crippen LogP contribution in [0, 0.1) is 0 Å². The van der Waals surface area contributed by atoms with E-state index in [4.69, 9.17) is 9.84 Å². The number of carbonyl (C=O) groups excluding carboxylic acids is 1. The third-order valence-corrected chi connectivity index (χ3v) is 5.05. The van der Waals surface area contributed by atoms with E-state index in [9.17, 15) is 9.59 Å². The van der Waals surface area contributed by atoms with E-state index in [0.717, 1.165) is 0 Å². The Kier molecular flexibility index (Phi) is 5.61. The Morgan fingerprint density at radius 3 is 2.20 bits per heavy atom. The number of benzene rings is 2.